The van der Waals surface area contributed by atoms with Gasteiger partial charge in [-0.1, -0.05) is 18.2 Å². The number of hydrogen-bond acceptors (Lipinski definition) is 4. The Hall–Kier alpha value is -2.63. The van der Waals surface area contributed by atoms with Crippen LogP contribution in [0.4, 0.5) is 0 Å². The molecule has 1 aromatic carbocycles. The van der Waals surface area contributed by atoms with E-state index in [0.717, 1.165) is 0 Å². The van der Waals surface area contributed by atoms with Crippen LogP contribution in [0.1, 0.15) is 24.3 Å². The summed E-state index contributed by atoms with van der Waals surface area (Å²) in [5.41, 5.74) is 0.387. The first-order valence-electron chi connectivity index (χ1n) is 7.15. The first-order valence-corrected chi connectivity index (χ1v) is 7.15. The lowest BCUT2D eigenvalue weighted by Gasteiger charge is -2.19. The number of carbonyl (C=O) groups is 1. The van der Waals surface area contributed by atoms with Gasteiger partial charge in [-0.15, -0.1) is 0 Å². The van der Waals surface area contributed by atoms with Crippen LogP contribution in [0.25, 0.3) is 5.69 Å². The maximum atomic E-state index is 12.5. The first kappa shape index (κ1) is 15.8. The SMILES string of the molecule is CCN(CC)C(=O)c1nn(-c2ccccc2)c(=O)cc1OC. The molecule has 0 bridgehead atoms. The largest absolute Gasteiger partial charge is 0.494 e. The van der Waals surface area contributed by atoms with Crippen molar-refractivity contribution in [1.29, 1.82) is 0 Å². The van der Waals surface area contributed by atoms with Crippen LogP contribution in [0.15, 0.2) is 41.2 Å². The summed E-state index contributed by atoms with van der Waals surface area (Å²) in [7, 11) is 1.42. The molecule has 0 aliphatic heterocycles. The fourth-order valence-electron chi connectivity index (χ4n) is 2.16. The number of carbonyl (C=O) groups excluding carboxylic acids is 1. The molecular weight excluding hydrogens is 282 g/mol. The molecule has 6 heteroatoms. The second-order valence-electron chi connectivity index (χ2n) is 4.62. The van der Waals surface area contributed by atoms with Crippen molar-refractivity contribution in [3.63, 3.8) is 0 Å². The Kier molecular flexibility index (Phi) is 4.93. The molecule has 116 valence electrons. The average Bonchev–Trinajstić information content (AvgIpc) is 2.56. The Morgan fingerprint density at radius 1 is 1.23 bits per heavy atom. The van der Waals surface area contributed by atoms with Gasteiger partial charge in [0, 0.05) is 13.1 Å². The zero-order chi connectivity index (χ0) is 16.1. The van der Waals surface area contributed by atoms with Crippen LogP contribution < -0.4 is 10.3 Å². The molecule has 1 heterocycles. The highest BCUT2D eigenvalue weighted by Crippen LogP contribution is 2.16. The average molecular weight is 301 g/mol. The summed E-state index contributed by atoms with van der Waals surface area (Å²) in [6.45, 7) is 4.90. The van der Waals surface area contributed by atoms with Crippen molar-refractivity contribution in [2.24, 2.45) is 0 Å². The summed E-state index contributed by atoms with van der Waals surface area (Å²) in [6, 6.07) is 10.3. The number of rotatable bonds is 5. The number of para-hydroxylation sites is 1. The third-order valence-corrected chi connectivity index (χ3v) is 3.37. The molecule has 0 spiro atoms. The van der Waals surface area contributed by atoms with Gasteiger partial charge in [-0.05, 0) is 26.0 Å². The smallest absolute Gasteiger partial charge is 0.278 e. The van der Waals surface area contributed by atoms with Crippen molar-refractivity contribution in [2.45, 2.75) is 13.8 Å². The van der Waals surface area contributed by atoms with Crippen molar-refractivity contribution >= 4 is 5.91 Å². The van der Waals surface area contributed by atoms with E-state index < -0.39 is 0 Å². The van der Waals surface area contributed by atoms with Crippen LogP contribution in [0, 0.1) is 0 Å². The zero-order valence-electron chi connectivity index (χ0n) is 12.9. The Labute approximate surface area is 128 Å². The summed E-state index contributed by atoms with van der Waals surface area (Å²) >= 11 is 0. The van der Waals surface area contributed by atoms with Gasteiger partial charge in [0.05, 0.1) is 18.9 Å². The lowest BCUT2D eigenvalue weighted by atomic mass is 10.3. The summed E-state index contributed by atoms with van der Waals surface area (Å²) in [5.74, 6) is -0.0689. The van der Waals surface area contributed by atoms with E-state index in [1.807, 2.05) is 19.9 Å². The number of hydrogen-bond donors (Lipinski definition) is 0. The van der Waals surface area contributed by atoms with E-state index in [-0.39, 0.29) is 22.9 Å². The molecule has 0 N–H and O–H groups in total. The van der Waals surface area contributed by atoms with Crippen LogP contribution in [0.2, 0.25) is 0 Å². The molecule has 2 rings (SSSR count). The fraction of sp³-hybridized carbons (Fsp3) is 0.312. The van der Waals surface area contributed by atoms with E-state index in [2.05, 4.69) is 5.10 Å². The Balaban J connectivity index is 2.58. The molecular formula is C16H19N3O3. The Morgan fingerprint density at radius 3 is 2.41 bits per heavy atom. The molecule has 0 unspecified atom stereocenters. The zero-order valence-corrected chi connectivity index (χ0v) is 12.9. The highest BCUT2D eigenvalue weighted by atomic mass is 16.5. The molecule has 2 aromatic rings. The summed E-state index contributed by atoms with van der Waals surface area (Å²) in [6.07, 6.45) is 0. The minimum absolute atomic E-state index is 0.134. The van der Waals surface area contributed by atoms with Gasteiger partial charge in [-0.2, -0.15) is 9.78 Å². The number of benzene rings is 1. The lowest BCUT2D eigenvalue weighted by Crippen LogP contribution is -2.34. The quantitative estimate of drug-likeness (QED) is 0.843. The maximum Gasteiger partial charge on any atom is 0.278 e. The van der Waals surface area contributed by atoms with Gasteiger partial charge in [0.25, 0.3) is 11.5 Å². The van der Waals surface area contributed by atoms with Crippen LogP contribution >= 0.6 is 0 Å². The van der Waals surface area contributed by atoms with Gasteiger partial charge in [-0.25, -0.2) is 0 Å². The van der Waals surface area contributed by atoms with Gasteiger partial charge in [0.2, 0.25) is 0 Å². The molecule has 6 nitrogen and oxygen atoms in total. The normalized spacial score (nSPS) is 10.3. The van der Waals surface area contributed by atoms with Crippen LogP contribution in [-0.4, -0.2) is 40.8 Å². The highest BCUT2D eigenvalue weighted by molar-refractivity contribution is 5.94. The Morgan fingerprint density at radius 2 is 1.86 bits per heavy atom. The fourth-order valence-corrected chi connectivity index (χ4v) is 2.16. The lowest BCUT2D eigenvalue weighted by molar-refractivity contribution is 0.0761. The molecule has 22 heavy (non-hydrogen) atoms. The second kappa shape index (κ2) is 6.89. The van der Waals surface area contributed by atoms with Crippen molar-refractivity contribution < 1.29 is 9.53 Å². The number of ether oxygens (including phenoxy) is 1. The predicted molar refractivity (Wildman–Crippen MR) is 83.6 cm³/mol. The summed E-state index contributed by atoms with van der Waals surface area (Å²) < 4.78 is 6.36. The van der Waals surface area contributed by atoms with Crippen LogP contribution in [0.3, 0.4) is 0 Å². The van der Waals surface area contributed by atoms with E-state index in [0.29, 0.717) is 18.8 Å². The van der Waals surface area contributed by atoms with E-state index in [9.17, 15) is 9.59 Å². The maximum absolute atomic E-state index is 12.5. The molecule has 1 amide bonds. The van der Waals surface area contributed by atoms with Gasteiger partial charge in [0.15, 0.2) is 11.4 Å². The van der Waals surface area contributed by atoms with Crippen molar-refractivity contribution in [2.75, 3.05) is 20.2 Å². The predicted octanol–water partition coefficient (Wildman–Crippen LogP) is 1.72. The van der Waals surface area contributed by atoms with Crippen LogP contribution in [-0.2, 0) is 0 Å². The Bertz CT molecular complexity index is 706. The monoisotopic (exact) mass is 301 g/mol. The van der Waals surface area contributed by atoms with Gasteiger partial charge >= 0.3 is 0 Å². The van der Waals surface area contributed by atoms with E-state index >= 15 is 0 Å². The molecule has 0 radical (unpaired) electrons. The van der Waals surface area contributed by atoms with Gasteiger partial charge in [0.1, 0.15) is 0 Å². The van der Waals surface area contributed by atoms with Crippen LogP contribution in [0.5, 0.6) is 5.75 Å². The topological polar surface area (TPSA) is 64.4 Å². The standard InChI is InChI=1S/C16H19N3O3/c1-4-18(5-2)16(21)15-13(22-3)11-14(20)19(17-15)12-9-7-6-8-10-12/h6-11H,4-5H2,1-3H3. The summed E-state index contributed by atoms with van der Waals surface area (Å²) in [5, 5.41) is 4.22. The van der Waals surface area contributed by atoms with Gasteiger partial charge < -0.3 is 9.64 Å². The molecule has 0 saturated heterocycles. The number of aromatic nitrogens is 2. The third-order valence-electron chi connectivity index (χ3n) is 3.37. The molecule has 0 atom stereocenters. The molecule has 0 fully saturated rings. The minimum atomic E-state index is -0.348. The van der Waals surface area contributed by atoms with Crippen molar-refractivity contribution in [1.82, 2.24) is 14.7 Å². The van der Waals surface area contributed by atoms with Crippen molar-refractivity contribution in [3.8, 4) is 11.4 Å². The summed E-state index contributed by atoms with van der Waals surface area (Å²) in [4.78, 5) is 26.4. The molecule has 0 aliphatic rings. The number of methoxy groups -OCH3 is 1. The second-order valence-corrected chi connectivity index (χ2v) is 4.62. The number of amides is 1. The number of nitrogens with zero attached hydrogens (tertiary/aromatic N) is 3. The molecule has 0 aliphatic carbocycles. The van der Waals surface area contributed by atoms with Gasteiger partial charge in [-0.3, -0.25) is 9.59 Å². The molecule has 0 saturated carbocycles. The van der Waals surface area contributed by atoms with E-state index in [4.69, 9.17) is 4.74 Å². The minimum Gasteiger partial charge on any atom is -0.494 e. The third kappa shape index (κ3) is 3.00. The highest BCUT2D eigenvalue weighted by Gasteiger charge is 2.21. The molecule has 1 aromatic heterocycles. The van der Waals surface area contributed by atoms with E-state index in [1.165, 1.54) is 17.9 Å². The van der Waals surface area contributed by atoms with E-state index in [1.54, 1.807) is 29.2 Å². The first-order chi connectivity index (χ1) is 10.6. The van der Waals surface area contributed by atoms with Crippen molar-refractivity contribution in [3.05, 3.63) is 52.4 Å².